The average molecular weight is 506 g/mol. The Balaban J connectivity index is 1.46. The van der Waals surface area contributed by atoms with E-state index in [0.717, 1.165) is 23.1 Å². The van der Waals surface area contributed by atoms with Crippen LogP contribution in [0.2, 0.25) is 0 Å². The first-order valence-electron chi connectivity index (χ1n) is 12.5. The van der Waals surface area contributed by atoms with Crippen molar-refractivity contribution in [3.8, 4) is 0 Å². The minimum Gasteiger partial charge on any atom is -0.355 e. The number of hydrogen-bond acceptors (Lipinski definition) is 4. The molecule has 1 fully saturated rings. The quantitative estimate of drug-likeness (QED) is 0.413. The Morgan fingerprint density at radius 1 is 0.917 bits per heavy atom. The van der Waals surface area contributed by atoms with E-state index in [9.17, 15) is 13.2 Å². The fourth-order valence-corrected chi connectivity index (χ4v) is 6.29. The minimum atomic E-state index is -3.66. The van der Waals surface area contributed by atoms with E-state index < -0.39 is 10.0 Å². The van der Waals surface area contributed by atoms with Gasteiger partial charge in [0.25, 0.3) is 0 Å². The van der Waals surface area contributed by atoms with Gasteiger partial charge in [0.2, 0.25) is 15.9 Å². The zero-order chi connectivity index (χ0) is 25.6. The highest BCUT2D eigenvalue weighted by molar-refractivity contribution is 7.89. The highest BCUT2D eigenvalue weighted by Crippen LogP contribution is 2.35. The lowest BCUT2D eigenvalue weighted by atomic mass is 9.72. The monoisotopic (exact) mass is 505 g/mol. The largest absolute Gasteiger partial charge is 0.355 e. The van der Waals surface area contributed by atoms with Gasteiger partial charge in [0.15, 0.2) is 0 Å². The summed E-state index contributed by atoms with van der Waals surface area (Å²) in [5, 5.41) is 6.44. The summed E-state index contributed by atoms with van der Waals surface area (Å²) in [4.78, 5) is 13.5. The third-order valence-electron chi connectivity index (χ3n) is 7.20. The molecule has 2 atom stereocenters. The summed E-state index contributed by atoms with van der Waals surface area (Å²) in [7, 11) is -3.66. The second kappa shape index (κ2) is 11.4. The number of rotatable bonds is 9. The number of sulfonamides is 1. The lowest BCUT2D eigenvalue weighted by molar-refractivity contribution is -0.125. The highest BCUT2D eigenvalue weighted by atomic mass is 32.2. The fourth-order valence-electron chi connectivity index (χ4n) is 5.04. The van der Waals surface area contributed by atoms with Gasteiger partial charge in [-0.3, -0.25) is 4.79 Å². The molecule has 1 saturated heterocycles. The van der Waals surface area contributed by atoms with Crippen molar-refractivity contribution in [2.45, 2.75) is 43.0 Å². The Bertz CT molecular complexity index is 1210. The van der Waals surface area contributed by atoms with Crippen LogP contribution in [0.3, 0.4) is 0 Å². The normalized spacial score (nSPS) is 18.5. The molecule has 3 aromatic rings. The highest BCUT2D eigenvalue weighted by Gasteiger charge is 2.35. The van der Waals surface area contributed by atoms with Crippen molar-refractivity contribution in [1.82, 2.24) is 15.4 Å². The molecule has 1 aliphatic rings. The van der Waals surface area contributed by atoms with Gasteiger partial charge in [-0.2, -0.15) is 0 Å². The zero-order valence-corrected chi connectivity index (χ0v) is 21.7. The summed E-state index contributed by atoms with van der Waals surface area (Å²) < 4.78 is 28.5. The van der Waals surface area contributed by atoms with Crippen molar-refractivity contribution in [3.05, 3.63) is 102 Å². The second-order valence-corrected chi connectivity index (χ2v) is 11.3. The Hall–Kier alpha value is -3.00. The van der Waals surface area contributed by atoms with E-state index in [4.69, 9.17) is 0 Å². The molecule has 0 aliphatic carbocycles. The summed E-state index contributed by atoms with van der Waals surface area (Å²) in [5.74, 6) is -0.392. The summed E-state index contributed by atoms with van der Waals surface area (Å²) in [5.41, 5.74) is 2.96. The molecular weight excluding hydrogens is 470 g/mol. The molecule has 0 bridgehead atoms. The zero-order valence-electron chi connectivity index (χ0n) is 20.9. The van der Waals surface area contributed by atoms with Crippen LogP contribution in [0, 0.1) is 12.8 Å². The van der Waals surface area contributed by atoms with Gasteiger partial charge in [-0.25, -0.2) is 13.1 Å². The molecule has 190 valence electrons. The molecule has 1 unspecified atom stereocenters. The van der Waals surface area contributed by atoms with Crippen LogP contribution < -0.4 is 15.4 Å². The van der Waals surface area contributed by atoms with Crippen LogP contribution in [-0.4, -0.2) is 40.0 Å². The van der Waals surface area contributed by atoms with Gasteiger partial charge in [-0.15, -0.1) is 0 Å². The number of hydrogen-bond donors (Lipinski definition) is 3. The van der Waals surface area contributed by atoms with Gasteiger partial charge in [0.05, 0.1) is 10.8 Å². The molecule has 0 spiro atoms. The maximum atomic E-state index is 13.3. The van der Waals surface area contributed by atoms with Crippen molar-refractivity contribution in [3.63, 3.8) is 0 Å². The molecule has 4 rings (SSSR count). The number of carbonyl (C=O) groups excluding carboxylic acids is 1. The fraction of sp³-hybridized carbons (Fsp3) is 0.345. The number of benzene rings is 3. The van der Waals surface area contributed by atoms with E-state index in [1.54, 1.807) is 24.3 Å². The molecule has 0 aromatic heterocycles. The molecule has 1 heterocycles. The van der Waals surface area contributed by atoms with Gasteiger partial charge >= 0.3 is 0 Å². The van der Waals surface area contributed by atoms with E-state index in [1.165, 1.54) is 0 Å². The molecule has 0 radical (unpaired) electrons. The van der Waals surface area contributed by atoms with Crippen LogP contribution in [0.25, 0.3) is 0 Å². The first-order chi connectivity index (χ1) is 17.3. The van der Waals surface area contributed by atoms with Crippen molar-refractivity contribution in [2.75, 3.05) is 19.6 Å². The van der Waals surface area contributed by atoms with Gasteiger partial charge in [-0.1, -0.05) is 85.3 Å². The maximum absolute atomic E-state index is 13.3. The summed E-state index contributed by atoms with van der Waals surface area (Å²) in [6.45, 7) is 5.53. The van der Waals surface area contributed by atoms with Gasteiger partial charge in [0.1, 0.15) is 0 Å². The van der Waals surface area contributed by atoms with E-state index in [-0.39, 0.29) is 28.2 Å². The van der Waals surface area contributed by atoms with Gasteiger partial charge in [-0.05, 0) is 43.0 Å². The van der Waals surface area contributed by atoms with Crippen molar-refractivity contribution in [2.24, 2.45) is 5.92 Å². The molecule has 36 heavy (non-hydrogen) atoms. The molecule has 1 aliphatic heterocycles. The number of amides is 1. The van der Waals surface area contributed by atoms with E-state index in [2.05, 4.69) is 46.5 Å². The van der Waals surface area contributed by atoms with E-state index in [0.29, 0.717) is 26.1 Å². The Labute approximate surface area is 214 Å². The summed E-state index contributed by atoms with van der Waals surface area (Å²) >= 11 is 0. The number of aryl methyl sites for hydroxylation is 1. The van der Waals surface area contributed by atoms with Crippen LogP contribution in [-0.2, 0) is 20.2 Å². The smallest absolute Gasteiger partial charge is 0.240 e. The summed E-state index contributed by atoms with van der Waals surface area (Å²) in [6.07, 6.45) is 1.27. The Morgan fingerprint density at radius 2 is 1.50 bits per heavy atom. The van der Waals surface area contributed by atoms with Crippen molar-refractivity contribution < 1.29 is 13.2 Å². The van der Waals surface area contributed by atoms with Gasteiger partial charge in [0, 0.05) is 31.1 Å². The molecule has 1 amide bonds. The maximum Gasteiger partial charge on any atom is 0.240 e. The van der Waals surface area contributed by atoms with Crippen LogP contribution in [0.5, 0.6) is 0 Å². The van der Waals surface area contributed by atoms with Crippen LogP contribution in [0.15, 0.2) is 89.8 Å². The van der Waals surface area contributed by atoms with E-state index >= 15 is 0 Å². The van der Waals surface area contributed by atoms with Crippen LogP contribution in [0.1, 0.15) is 36.5 Å². The Morgan fingerprint density at radius 3 is 2.06 bits per heavy atom. The standard InChI is InChI=1S/C29H35N3O3S/c1-3-29(24-10-6-4-7-11-24,25-12-8-5-9-13-25)21-31-28(33)23-18-26(20-30-19-23)32-36(34,35)27-16-14-22(2)15-17-27/h4-17,23,26,30,32H,3,18-21H2,1-2H3,(H,31,33)/t23?,26-/m1/s1. The third-order valence-corrected chi connectivity index (χ3v) is 8.73. The second-order valence-electron chi connectivity index (χ2n) is 9.61. The molecule has 6 nitrogen and oxygen atoms in total. The van der Waals surface area contributed by atoms with Crippen molar-refractivity contribution in [1.29, 1.82) is 0 Å². The SMILES string of the molecule is CCC(CNC(=O)C1CNC[C@H](NS(=O)(=O)c2ccc(C)cc2)C1)(c1ccccc1)c1ccccc1. The topological polar surface area (TPSA) is 87.3 Å². The van der Waals surface area contributed by atoms with Crippen LogP contribution >= 0.6 is 0 Å². The van der Waals surface area contributed by atoms with Gasteiger partial charge < -0.3 is 10.6 Å². The molecule has 3 N–H and O–H groups in total. The third kappa shape index (κ3) is 5.86. The number of piperidine rings is 1. The number of nitrogens with one attached hydrogen (secondary N) is 3. The average Bonchev–Trinajstić information content (AvgIpc) is 2.90. The minimum absolute atomic E-state index is 0.0635. The van der Waals surface area contributed by atoms with Crippen LogP contribution in [0.4, 0.5) is 0 Å². The number of carbonyl (C=O) groups is 1. The van der Waals surface area contributed by atoms with E-state index in [1.807, 2.05) is 43.3 Å². The molecular formula is C29H35N3O3S. The predicted molar refractivity (Wildman–Crippen MR) is 143 cm³/mol. The first-order valence-corrected chi connectivity index (χ1v) is 14.0. The molecule has 0 saturated carbocycles. The first kappa shape index (κ1) is 26.1. The summed E-state index contributed by atoms with van der Waals surface area (Å²) in [6, 6.07) is 27.0. The molecule has 7 heteroatoms. The lowest BCUT2D eigenvalue weighted by Gasteiger charge is -2.36. The molecule has 3 aromatic carbocycles. The Kier molecular flexibility index (Phi) is 8.24. The predicted octanol–water partition coefficient (Wildman–Crippen LogP) is 3.76. The van der Waals surface area contributed by atoms with Crippen molar-refractivity contribution >= 4 is 15.9 Å². The lowest BCUT2D eigenvalue weighted by Crippen LogP contribution is -2.53.